The zero-order valence-electron chi connectivity index (χ0n) is 21.2. The predicted octanol–water partition coefficient (Wildman–Crippen LogP) is 2.49. The number of fused-ring (bicyclic) bond motifs is 1. The zero-order valence-corrected chi connectivity index (χ0v) is 22.0. The van der Waals surface area contributed by atoms with Crippen LogP contribution in [0.25, 0.3) is 0 Å². The van der Waals surface area contributed by atoms with Crippen molar-refractivity contribution in [1.29, 1.82) is 0 Å². The molecule has 8 nitrogen and oxygen atoms in total. The standard InChI is InChI=1S/C26H38N2O6S/c1-19-16-28(20(2)18-29)35(31,32)25-13-12-21(9-8-14-33-4)15-23(25)34-24(19)17-27(3)26(30)22-10-6-5-7-11-22/h12-13,15,19-20,22,24,29H,5-7,10-11,14,16-18H2,1-4H3/t19-,20+,24+/m1/s1. The van der Waals surface area contributed by atoms with Crippen LogP contribution in [-0.2, 0) is 19.6 Å². The van der Waals surface area contributed by atoms with Gasteiger partial charge in [0.15, 0.2) is 0 Å². The molecule has 1 saturated carbocycles. The minimum atomic E-state index is -3.92. The lowest BCUT2D eigenvalue weighted by Crippen LogP contribution is -2.50. The van der Waals surface area contributed by atoms with Gasteiger partial charge in [0.1, 0.15) is 23.4 Å². The van der Waals surface area contributed by atoms with Gasteiger partial charge in [-0.2, -0.15) is 4.31 Å². The van der Waals surface area contributed by atoms with E-state index in [1.807, 2.05) is 6.92 Å². The first-order valence-corrected chi connectivity index (χ1v) is 13.8. The molecule has 1 fully saturated rings. The molecule has 3 rings (SSSR count). The van der Waals surface area contributed by atoms with Gasteiger partial charge >= 0.3 is 0 Å². The van der Waals surface area contributed by atoms with Gasteiger partial charge in [0, 0.05) is 44.1 Å². The van der Waals surface area contributed by atoms with Crippen LogP contribution < -0.4 is 4.74 Å². The second-order valence-electron chi connectivity index (χ2n) is 9.69. The van der Waals surface area contributed by atoms with Gasteiger partial charge < -0.3 is 19.5 Å². The van der Waals surface area contributed by atoms with Gasteiger partial charge in [0.05, 0.1) is 13.2 Å². The number of likely N-dealkylation sites (N-methyl/N-ethyl adjacent to an activating group) is 1. The highest BCUT2D eigenvalue weighted by Gasteiger charge is 2.38. The van der Waals surface area contributed by atoms with Crippen molar-refractivity contribution in [3.05, 3.63) is 23.8 Å². The molecule has 1 aliphatic heterocycles. The van der Waals surface area contributed by atoms with E-state index in [-0.39, 0.29) is 48.1 Å². The maximum absolute atomic E-state index is 13.6. The van der Waals surface area contributed by atoms with Crippen LogP contribution in [0.5, 0.6) is 5.75 Å². The fraction of sp³-hybridized carbons (Fsp3) is 0.654. The van der Waals surface area contributed by atoms with Crippen LogP contribution in [0.4, 0.5) is 0 Å². The fourth-order valence-electron chi connectivity index (χ4n) is 4.75. The molecule has 0 bridgehead atoms. The molecule has 1 N–H and O–H groups in total. The molecule has 0 aromatic heterocycles. The summed E-state index contributed by atoms with van der Waals surface area (Å²) in [5.74, 6) is 5.98. The number of nitrogens with zero attached hydrogens (tertiary/aromatic N) is 2. The number of ether oxygens (including phenoxy) is 2. The average molecular weight is 507 g/mol. The first-order chi connectivity index (χ1) is 16.7. The third-order valence-corrected chi connectivity index (χ3v) is 8.92. The molecule has 1 aromatic rings. The highest BCUT2D eigenvalue weighted by molar-refractivity contribution is 7.89. The van der Waals surface area contributed by atoms with Crippen molar-refractivity contribution in [2.75, 3.05) is 40.5 Å². The number of aliphatic hydroxyl groups is 1. The molecule has 194 valence electrons. The lowest BCUT2D eigenvalue weighted by atomic mass is 9.88. The Morgan fingerprint density at radius 1 is 1.31 bits per heavy atom. The summed E-state index contributed by atoms with van der Waals surface area (Å²) >= 11 is 0. The van der Waals surface area contributed by atoms with E-state index in [0.717, 1.165) is 25.7 Å². The Morgan fingerprint density at radius 3 is 2.69 bits per heavy atom. The Hall–Kier alpha value is -2.12. The summed E-state index contributed by atoms with van der Waals surface area (Å²) in [4.78, 5) is 14.9. The Labute approximate surface area is 209 Å². The first kappa shape index (κ1) is 27.5. The lowest BCUT2D eigenvalue weighted by Gasteiger charge is -2.38. The molecule has 1 heterocycles. The van der Waals surface area contributed by atoms with E-state index in [4.69, 9.17) is 9.47 Å². The van der Waals surface area contributed by atoms with Crippen molar-refractivity contribution < 1.29 is 27.8 Å². The molecule has 35 heavy (non-hydrogen) atoms. The van der Waals surface area contributed by atoms with Crippen LogP contribution in [0.3, 0.4) is 0 Å². The van der Waals surface area contributed by atoms with Crippen molar-refractivity contribution in [2.24, 2.45) is 11.8 Å². The maximum Gasteiger partial charge on any atom is 0.247 e. The molecule has 0 unspecified atom stereocenters. The Balaban J connectivity index is 1.96. The molecule has 1 amide bonds. The number of sulfonamides is 1. The third-order valence-electron chi connectivity index (χ3n) is 6.90. The molecule has 1 aliphatic carbocycles. The number of rotatable bonds is 6. The Morgan fingerprint density at radius 2 is 2.03 bits per heavy atom. The van der Waals surface area contributed by atoms with Gasteiger partial charge in [-0.3, -0.25) is 4.79 Å². The second kappa shape index (κ2) is 12.2. The highest BCUT2D eigenvalue weighted by Crippen LogP contribution is 2.34. The number of hydrogen-bond acceptors (Lipinski definition) is 6. The van der Waals surface area contributed by atoms with E-state index in [1.165, 1.54) is 16.8 Å². The van der Waals surface area contributed by atoms with Crippen LogP contribution in [0, 0.1) is 23.7 Å². The summed E-state index contributed by atoms with van der Waals surface area (Å²) in [6, 6.07) is 4.17. The summed E-state index contributed by atoms with van der Waals surface area (Å²) in [7, 11) is -0.569. The van der Waals surface area contributed by atoms with Crippen molar-refractivity contribution in [3.8, 4) is 17.6 Å². The molecule has 9 heteroatoms. The molecule has 0 radical (unpaired) electrons. The summed E-state index contributed by atoms with van der Waals surface area (Å²) in [6.45, 7) is 4.08. The minimum Gasteiger partial charge on any atom is -0.487 e. The van der Waals surface area contributed by atoms with E-state index in [2.05, 4.69) is 11.8 Å². The number of benzene rings is 1. The summed E-state index contributed by atoms with van der Waals surface area (Å²) in [5.41, 5.74) is 0.608. The van der Waals surface area contributed by atoms with E-state index in [0.29, 0.717) is 12.1 Å². The number of amides is 1. The maximum atomic E-state index is 13.6. The van der Waals surface area contributed by atoms with Crippen molar-refractivity contribution in [1.82, 2.24) is 9.21 Å². The zero-order chi connectivity index (χ0) is 25.6. The predicted molar refractivity (Wildman–Crippen MR) is 133 cm³/mol. The van der Waals surface area contributed by atoms with E-state index in [1.54, 1.807) is 38.1 Å². The highest BCUT2D eigenvalue weighted by atomic mass is 32.2. The first-order valence-electron chi connectivity index (χ1n) is 12.3. The quantitative estimate of drug-likeness (QED) is 0.596. The molecule has 0 spiro atoms. The van der Waals surface area contributed by atoms with Crippen LogP contribution in [0.15, 0.2) is 23.1 Å². The lowest BCUT2D eigenvalue weighted by molar-refractivity contribution is -0.136. The Kier molecular flexibility index (Phi) is 9.59. The van der Waals surface area contributed by atoms with Gasteiger partial charge in [-0.05, 0) is 38.0 Å². The van der Waals surface area contributed by atoms with Gasteiger partial charge in [-0.1, -0.05) is 38.0 Å². The van der Waals surface area contributed by atoms with Crippen LogP contribution >= 0.6 is 0 Å². The van der Waals surface area contributed by atoms with Crippen molar-refractivity contribution in [2.45, 2.75) is 63.0 Å². The summed E-state index contributed by atoms with van der Waals surface area (Å²) in [5, 5.41) is 9.79. The molecule has 3 atom stereocenters. The molecule has 1 aromatic carbocycles. The number of carbonyl (C=O) groups excluding carboxylic acids is 1. The third kappa shape index (κ3) is 6.56. The average Bonchev–Trinajstić information content (AvgIpc) is 2.85. The van der Waals surface area contributed by atoms with Crippen molar-refractivity contribution in [3.63, 3.8) is 0 Å². The smallest absolute Gasteiger partial charge is 0.247 e. The topological polar surface area (TPSA) is 96.4 Å². The normalized spacial score (nSPS) is 23.6. The largest absolute Gasteiger partial charge is 0.487 e. The van der Waals surface area contributed by atoms with Gasteiger partial charge in [-0.25, -0.2) is 8.42 Å². The SMILES string of the molecule is COCC#Cc1ccc2c(c1)O[C@@H](CN(C)C(=O)C1CCCCC1)[C@H](C)CN([C@@H](C)CO)S2(=O)=O. The second-order valence-corrected chi connectivity index (χ2v) is 11.5. The number of methoxy groups -OCH3 is 1. The van der Waals surface area contributed by atoms with Crippen molar-refractivity contribution >= 4 is 15.9 Å². The molecule has 0 saturated heterocycles. The van der Waals surface area contributed by atoms with Gasteiger partial charge in [-0.15, -0.1) is 0 Å². The fourth-order valence-corrected chi connectivity index (χ4v) is 6.58. The number of carbonyl (C=O) groups is 1. The van der Waals surface area contributed by atoms with Crippen LogP contribution in [0.2, 0.25) is 0 Å². The van der Waals surface area contributed by atoms with Gasteiger partial charge in [0.2, 0.25) is 15.9 Å². The molecule has 2 aliphatic rings. The van der Waals surface area contributed by atoms with E-state index < -0.39 is 22.2 Å². The molecular weight excluding hydrogens is 468 g/mol. The van der Waals surface area contributed by atoms with Gasteiger partial charge in [0.25, 0.3) is 0 Å². The van der Waals surface area contributed by atoms with Crippen LogP contribution in [0.1, 0.15) is 51.5 Å². The number of hydrogen-bond donors (Lipinski definition) is 1. The van der Waals surface area contributed by atoms with E-state index >= 15 is 0 Å². The number of aliphatic hydroxyl groups excluding tert-OH is 1. The Bertz CT molecular complexity index is 1040. The summed E-state index contributed by atoms with van der Waals surface area (Å²) in [6.07, 6.45) is 4.72. The van der Waals surface area contributed by atoms with E-state index in [9.17, 15) is 18.3 Å². The minimum absolute atomic E-state index is 0.0354. The summed E-state index contributed by atoms with van der Waals surface area (Å²) < 4.78 is 39.8. The molecular formula is C26H38N2O6S. The monoisotopic (exact) mass is 506 g/mol. The van der Waals surface area contributed by atoms with Crippen LogP contribution in [-0.4, -0.2) is 81.2 Å².